The third-order valence-corrected chi connectivity index (χ3v) is 5.64. The summed E-state index contributed by atoms with van der Waals surface area (Å²) in [6, 6.07) is 16.5. The van der Waals surface area contributed by atoms with Gasteiger partial charge < -0.3 is 10.4 Å². The maximum atomic E-state index is 12.7. The molecule has 4 rings (SSSR count). The molecule has 8 heteroatoms. The van der Waals surface area contributed by atoms with Crippen molar-refractivity contribution < 1.29 is 14.7 Å². The van der Waals surface area contributed by atoms with Crippen molar-refractivity contribution >= 4 is 46.0 Å². The van der Waals surface area contributed by atoms with Crippen LogP contribution in [0.3, 0.4) is 0 Å². The minimum absolute atomic E-state index is 0.0269. The van der Waals surface area contributed by atoms with Gasteiger partial charge in [-0.05, 0) is 35.9 Å². The summed E-state index contributed by atoms with van der Waals surface area (Å²) in [7, 11) is 0. The largest absolute Gasteiger partial charge is 0.480 e. The normalized spacial score (nSPS) is 11.8. The molecule has 1 amide bonds. The molecule has 0 fully saturated rings. The highest BCUT2D eigenvalue weighted by Crippen LogP contribution is 2.29. The van der Waals surface area contributed by atoms with Crippen LogP contribution in [0.5, 0.6) is 0 Å². The fourth-order valence-corrected chi connectivity index (χ4v) is 4.08. The lowest BCUT2D eigenvalue weighted by atomic mass is 9.97. The van der Waals surface area contributed by atoms with E-state index >= 15 is 0 Å². The zero-order valence-electron chi connectivity index (χ0n) is 16.6. The fraction of sp³-hybridized carbons (Fsp3) is 0.0833. The Balaban J connectivity index is 1.68. The van der Waals surface area contributed by atoms with Crippen molar-refractivity contribution in [3.8, 4) is 11.3 Å². The van der Waals surface area contributed by atoms with Crippen LogP contribution in [0.1, 0.15) is 15.9 Å². The molecule has 2 aromatic heterocycles. The van der Waals surface area contributed by atoms with Gasteiger partial charge in [0, 0.05) is 29.8 Å². The molecule has 0 saturated carbocycles. The second-order valence-electron chi connectivity index (χ2n) is 7.05. The zero-order valence-corrected chi connectivity index (χ0v) is 18.1. The number of aliphatic carboxylic acids is 1. The minimum atomic E-state index is -1.21. The third-order valence-electron chi connectivity index (χ3n) is 5.01. The van der Waals surface area contributed by atoms with Gasteiger partial charge in [-0.3, -0.25) is 14.8 Å². The minimum Gasteiger partial charge on any atom is -0.480 e. The predicted octanol–water partition coefficient (Wildman–Crippen LogP) is 5.03. The van der Waals surface area contributed by atoms with E-state index in [2.05, 4.69) is 15.3 Å². The summed E-state index contributed by atoms with van der Waals surface area (Å²) in [6.45, 7) is 0. The van der Waals surface area contributed by atoms with Gasteiger partial charge in [0.05, 0.1) is 26.8 Å². The molecular formula is C24H17Cl2N3O3. The first kappa shape index (κ1) is 21.7. The molecule has 1 unspecified atom stereocenters. The third kappa shape index (κ3) is 4.42. The Morgan fingerprint density at radius 2 is 1.66 bits per heavy atom. The highest BCUT2D eigenvalue weighted by atomic mass is 35.5. The van der Waals surface area contributed by atoms with E-state index in [1.807, 2.05) is 42.5 Å². The fourth-order valence-electron chi connectivity index (χ4n) is 3.51. The molecular weight excluding hydrogens is 449 g/mol. The smallest absolute Gasteiger partial charge is 0.326 e. The lowest BCUT2D eigenvalue weighted by molar-refractivity contribution is -0.139. The monoisotopic (exact) mass is 465 g/mol. The molecule has 0 aliphatic rings. The Hall–Kier alpha value is -3.48. The number of carboxylic acid groups (broad SMARTS) is 1. The number of rotatable bonds is 6. The highest BCUT2D eigenvalue weighted by Gasteiger charge is 2.25. The Bertz CT molecular complexity index is 1290. The maximum absolute atomic E-state index is 12.7. The number of nitrogens with one attached hydrogen (secondary N) is 1. The summed E-state index contributed by atoms with van der Waals surface area (Å²) in [5.41, 5.74) is 3.03. The van der Waals surface area contributed by atoms with Gasteiger partial charge in [-0.1, -0.05) is 53.5 Å². The number of nitrogens with zero attached hydrogens (tertiary/aromatic N) is 2. The van der Waals surface area contributed by atoms with Crippen LogP contribution in [0, 0.1) is 0 Å². The number of halogens is 2. The van der Waals surface area contributed by atoms with E-state index in [0.717, 1.165) is 16.6 Å². The van der Waals surface area contributed by atoms with Crippen molar-refractivity contribution in [3.05, 3.63) is 94.2 Å². The number of carbonyl (C=O) groups is 2. The lowest BCUT2D eigenvalue weighted by Gasteiger charge is -2.17. The van der Waals surface area contributed by atoms with Crippen molar-refractivity contribution in [2.24, 2.45) is 0 Å². The van der Waals surface area contributed by atoms with Crippen LogP contribution in [0.25, 0.3) is 22.2 Å². The van der Waals surface area contributed by atoms with Crippen molar-refractivity contribution in [3.63, 3.8) is 0 Å². The highest BCUT2D eigenvalue weighted by molar-refractivity contribution is 6.39. The van der Waals surface area contributed by atoms with Gasteiger partial charge in [0.1, 0.15) is 6.04 Å². The molecule has 32 heavy (non-hydrogen) atoms. The topological polar surface area (TPSA) is 92.2 Å². The number of hydrogen-bond donors (Lipinski definition) is 2. The van der Waals surface area contributed by atoms with Crippen LogP contribution in [-0.2, 0) is 11.2 Å². The maximum Gasteiger partial charge on any atom is 0.326 e. The molecule has 0 bridgehead atoms. The number of benzene rings is 2. The number of amides is 1. The second-order valence-corrected chi connectivity index (χ2v) is 7.87. The molecule has 2 heterocycles. The van der Waals surface area contributed by atoms with Crippen molar-refractivity contribution in [1.82, 2.24) is 15.3 Å². The number of pyridine rings is 2. The summed E-state index contributed by atoms with van der Waals surface area (Å²) >= 11 is 12.2. The Labute approximate surface area is 193 Å². The number of carboxylic acids is 1. The molecule has 0 aliphatic heterocycles. The number of carbonyl (C=O) groups excluding carboxylic acids is 1. The second kappa shape index (κ2) is 9.34. The van der Waals surface area contributed by atoms with Gasteiger partial charge >= 0.3 is 5.97 Å². The van der Waals surface area contributed by atoms with E-state index in [1.165, 1.54) is 12.1 Å². The first-order chi connectivity index (χ1) is 15.5. The number of fused-ring (bicyclic) bond motifs is 1. The molecule has 0 saturated heterocycles. The van der Waals surface area contributed by atoms with Gasteiger partial charge in [-0.25, -0.2) is 4.79 Å². The van der Waals surface area contributed by atoms with Crippen molar-refractivity contribution in [1.29, 1.82) is 0 Å². The van der Waals surface area contributed by atoms with Gasteiger partial charge in [0.25, 0.3) is 5.91 Å². The van der Waals surface area contributed by atoms with E-state index in [0.29, 0.717) is 11.1 Å². The molecule has 2 aromatic carbocycles. The van der Waals surface area contributed by atoms with Gasteiger partial charge in [0.2, 0.25) is 0 Å². The van der Waals surface area contributed by atoms with E-state index in [-0.39, 0.29) is 22.0 Å². The lowest BCUT2D eigenvalue weighted by Crippen LogP contribution is -2.42. The molecule has 6 nitrogen and oxygen atoms in total. The van der Waals surface area contributed by atoms with Crippen molar-refractivity contribution in [2.75, 3.05) is 0 Å². The first-order valence-corrected chi connectivity index (χ1v) is 10.5. The van der Waals surface area contributed by atoms with E-state index in [9.17, 15) is 14.7 Å². The Morgan fingerprint density at radius 3 is 2.34 bits per heavy atom. The van der Waals surface area contributed by atoms with Crippen LogP contribution in [0.2, 0.25) is 10.0 Å². The van der Waals surface area contributed by atoms with E-state index < -0.39 is 17.9 Å². The summed E-state index contributed by atoms with van der Waals surface area (Å²) in [5, 5.41) is 13.4. The molecule has 0 spiro atoms. The van der Waals surface area contributed by atoms with Gasteiger partial charge in [0.15, 0.2) is 0 Å². The summed E-state index contributed by atoms with van der Waals surface area (Å²) in [4.78, 5) is 33.6. The molecule has 2 N–H and O–H groups in total. The average Bonchev–Trinajstić information content (AvgIpc) is 2.79. The molecule has 4 aromatic rings. The summed E-state index contributed by atoms with van der Waals surface area (Å²) < 4.78 is 0. The molecule has 1 atom stereocenters. The number of hydrogen-bond acceptors (Lipinski definition) is 4. The van der Waals surface area contributed by atoms with Crippen LogP contribution in [-0.4, -0.2) is 33.0 Å². The molecule has 0 aliphatic carbocycles. The van der Waals surface area contributed by atoms with Crippen LogP contribution in [0.15, 0.2) is 73.1 Å². The standard InChI is InChI=1S/C24H17Cl2N3O3/c25-17-6-3-7-18(26)21(17)23(30)29-20(24(31)32)13-14-9-10-15(19-8-1-2-11-27-19)16-5-4-12-28-22(14)16/h1-12,20H,13H2,(H,29,30)(H,31,32). The molecule has 160 valence electrons. The van der Waals surface area contributed by atoms with E-state index in [1.54, 1.807) is 18.5 Å². The van der Waals surface area contributed by atoms with Crippen LogP contribution < -0.4 is 5.32 Å². The van der Waals surface area contributed by atoms with Crippen LogP contribution >= 0.6 is 23.2 Å². The predicted molar refractivity (Wildman–Crippen MR) is 124 cm³/mol. The van der Waals surface area contributed by atoms with E-state index in [4.69, 9.17) is 23.2 Å². The Kier molecular flexibility index (Phi) is 6.35. The average molecular weight is 466 g/mol. The zero-order chi connectivity index (χ0) is 22.7. The SMILES string of the molecule is O=C(NC(Cc1ccc(-c2ccccn2)c2cccnc12)C(=O)O)c1c(Cl)cccc1Cl. The number of aromatic nitrogens is 2. The summed E-state index contributed by atoms with van der Waals surface area (Å²) in [5.74, 6) is -1.84. The molecule has 0 radical (unpaired) electrons. The summed E-state index contributed by atoms with van der Waals surface area (Å²) in [6.07, 6.45) is 3.38. The van der Waals surface area contributed by atoms with Gasteiger partial charge in [-0.15, -0.1) is 0 Å². The Morgan fingerprint density at radius 1 is 0.906 bits per heavy atom. The van der Waals surface area contributed by atoms with Crippen LogP contribution in [0.4, 0.5) is 0 Å². The first-order valence-electron chi connectivity index (χ1n) is 9.71. The quantitative estimate of drug-likeness (QED) is 0.416. The van der Waals surface area contributed by atoms with Crippen molar-refractivity contribution in [2.45, 2.75) is 12.5 Å². The van der Waals surface area contributed by atoms with Gasteiger partial charge in [-0.2, -0.15) is 0 Å².